The zero-order chi connectivity index (χ0) is 29.9. The minimum absolute atomic E-state index is 0.0521. The summed E-state index contributed by atoms with van der Waals surface area (Å²) in [5, 5.41) is 6.50. The van der Waals surface area contributed by atoms with Crippen molar-refractivity contribution in [1.29, 1.82) is 0 Å². The van der Waals surface area contributed by atoms with Gasteiger partial charge in [0.2, 0.25) is 5.91 Å². The Bertz CT molecular complexity index is 1640. The molecule has 8 heteroatoms. The van der Waals surface area contributed by atoms with E-state index in [1.165, 1.54) is 0 Å². The fraction of sp³-hybridized carbons (Fsp3) is 0.171. The average Bonchev–Trinajstić information content (AvgIpc) is 3.46. The average molecular weight is 576 g/mol. The third kappa shape index (κ3) is 8.33. The van der Waals surface area contributed by atoms with E-state index in [9.17, 15) is 14.4 Å². The number of benzene rings is 4. The first kappa shape index (κ1) is 29.1. The van der Waals surface area contributed by atoms with Gasteiger partial charge in [-0.2, -0.15) is 0 Å². The van der Waals surface area contributed by atoms with E-state index >= 15 is 0 Å². The van der Waals surface area contributed by atoms with Crippen molar-refractivity contribution in [3.8, 4) is 0 Å². The van der Waals surface area contributed by atoms with Gasteiger partial charge in [-0.15, -0.1) is 0 Å². The maximum absolute atomic E-state index is 13.8. The lowest BCUT2D eigenvalue weighted by Gasteiger charge is -2.23. The first-order valence-electron chi connectivity index (χ1n) is 14.1. The highest BCUT2D eigenvalue weighted by Crippen LogP contribution is 2.19. The van der Waals surface area contributed by atoms with Gasteiger partial charge in [-0.05, 0) is 28.3 Å². The number of carbonyl (C=O) groups excluding carboxylic acids is 3. The van der Waals surface area contributed by atoms with Crippen LogP contribution in [0.4, 0.5) is 4.79 Å². The van der Waals surface area contributed by atoms with Gasteiger partial charge in [0.1, 0.15) is 25.3 Å². The van der Waals surface area contributed by atoms with Crippen LogP contribution in [0.15, 0.2) is 121 Å². The van der Waals surface area contributed by atoms with Crippen LogP contribution in [0.2, 0.25) is 0 Å². The van der Waals surface area contributed by atoms with Gasteiger partial charge in [0.15, 0.2) is 0 Å². The number of hydrogen-bond acceptors (Lipinski definition) is 5. The Hall–Kier alpha value is -5.37. The molecular formula is C35H33N3O5. The van der Waals surface area contributed by atoms with E-state index in [1.54, 1.807) is 0 Å². The number of H-pyrrole nitrogens is 1. The molecule has 0 fully saturated rings. The van der Waals surface area contributed by atoms with E-state index in [4.69, 9.17) is 9.47 Å². The van der Waals surface area contributed by atoms with Gasteiger partial charge < -0.3 is 25.1 Å². The number of aromatic nitrogens is 1. The van der Waals surface area contributed by atoms with E-state index in [0.29, 0.717) is 0 Å². The highest BCUT2D eigenvalue weighted by Gasteiger charge is 2.29. The smallest absolute Gasteiger partial charge is 0.408 e. The van der Waals surface area contributed by atoms with E-state index < -0.39 is 30.1 Å². The van der Waals surface area contributed by atoms with Gasteiger partial charge in [-0.1, -0.05) is 109 Å². The van der Waals surface area contributed by atoms with Crippen LogP contribution in [0.5, 0.6) is 0 Å². The molecule has 0 aliphatic carbocycles. The monoisotopic (exact) mass is 575 g/mol. The summed E-state index contributed by atoms with van der Waals surface area (Å²) in [5.41, 5.74) is 4.26. The van der Waals surface area contributed by atoms with Gasteiger partial charge in [0, 0.05) is 29.9 Å². The molecule has 5 aromatic rings. The zero-order valence-electron chi connectivity index (χ0n) is 23.6. The topological polar surface area (TPSA) is 110 Å². The molecule has 0 aliphatic heterocycles. The molecule has 0 saturated carbocycles. The van der Waals surface area contributed by atoms with Crippen LogP contribution in [0.25, 0.3) is 10.9 Å². The lowest BCUT2D eigenvalue weighted by atomic mass is 10.0. The van der Waals surface area contributed by atoms with Crippen LogP contribution in [-0.2, 0) is 45.1 Å². The lowest BCUT2D eigenvalue weighted by molar-refractivity contribution is -0.149. The number of carbonyl (C=O) groups is 3. The number of aromatic amines is 1. The van der Waals surface area contributed by atoms with Gasteiger partial charge in [-0.25, -0.2) is 9.59 Å². The Morgan fingerprint density at radius 3 is 1.81 bits per heavy atom. The Morgan fingerprint density at radius 2 is 1.16 bits per heavy atom. The molecule has 43 heavy (non-hydrogen) atoms. The van der Waals surface area contributed by atoms with E-state index in [-0.39, 0.29) is 26.1 Å². The van der Waals surface area contributed by atoms with Crippen LogP contribution < -0.4 is 10.6 Å². The van der Waals surface area contributed by atoms with Crippen molar-refractivity contribution in [3.63, 3.8) is 0 Å². The molecule has 0 aliphatic rings. The molecule has 2 atom stereocenters. The predicted molar refractivity (Wildman–Crippen MR) is 164 cm³/mol. The number of esters is 1. The standard InChI is InChI=1S/C35H33N3O5/c39-33(37-32(20-25-12-4-1-5-13-25)34(40)42-23-26-14-6-2-7-15-26)31(21-28-22-36-30-19-11-10-18-29(28)30)38-35(41)43-24-27-16-8-3-9-17-27/h1-19,22,31-32,36H,20-21,23-24H2,(H,37,39)(H,38,41)/t31-,32+/m0/s1. The quantitative estimate of drug-likeness (QED) is 0.171. The number of ether oxygens (including phenoxy) is 2. The molecule has 0 spiro atoms. The Labute approximate surface area is 250 Å². The minimum Gasteiger partial charge on any atom is -0.459 e. The highest BCUT2D eigenvalue weighted by atomic mass is 16.5. The number of amides is 2. The first-order valence-corrected chi connectivity index (χ1v) is 14.1. The number of rotatable bonds is 12. The Morgan fingerprint density at radius 1 is 0.605 bits per heavy atom. The van der Waals surface area contributed by atoms with Crippen molar-refractivity contribution in [2.45, 2.75) is 38.1 Å². The number of para-hydroxylation sites is 1. The first-order chi connectivity index (χ1) is 21.0. The fourth-order valence-corrected chi connectivity index (χ4v) is 4.78. The fourth-order valence-electron chi connectivity index (χ4n) is 4.78. The van der Waals surface area contributed by atoms with Crippen LogP contribution in [-0.4, -0.2) is 35.0 Å². The molecule has 0 unspecified atom stereocenters. The summed E-state index contributed by atoms with van der Waals surface area (Å²) in [6, 6.07) is 33.7. The van der Waals surface area contributed by atoms with Gasteiger partial charge in [0.05, 0.1) is 0 Å². The van der Waals surface area contributed by atoms with E-state index in [2.05, 4.69) is 15.6 Å². The number of alkyl carbamates (subject to hydrolysis) is 1. The Kier molecular flexibility index (Phi) is 9.82. The molecule has 8 nitrogen and oxygen atoms in total. The molecule has 5 rings (SSSR count). The van der Waals surface area contributed by atoms with E-state index in [1.807, 2.05) is 121 Å². The number of nitrogens with one attached hydrogen (secondary N) is 3. The second-order valence-electron chi connectivity index (χ2n) is 10.2. The van der Waals surface area contributed by atoms with Crippen molar-refractivity contribution in [1.82, 2.24) is 15.6 Å². The normalized spacial score (nSPS) is 12.2. The molecule has 0 bridgehead atoms. The molecule has 3 N–H and O–H groups in total. The van der Waals surface area contributed by atoms with Gasteiger partial charge in [-0.3, -0.25) is 4.79 Å². The molecule has 218 valence electrons. The van der Waals surface area contributed by atoms with Crippen molar-refractivity contribution in [3.05, 3.63) is 144 Å². The predicted octanol–water partition coefficient (Wildman–Crippen LogP) is 5.48. The molecule has 1 heterocycles. The summed E-state index contributed by atoms with van der Waals surface area (Å²) in [4.78, 5) is 43.2. The molecule has 2 amide bonds. The summed E-state index contributed by atoms with van der Waals surface area (Å²) in [5.74, 6) is -1.10. The lowest BCUT2D eigenvalue weighted by Crippen LogP contribution is -2.53. The van der Waals surface area contributed by atoms with E-state index in [0.717, 1.165) is 33.2 Å². The summed E-state index contributed by atoms with van der Waals surface area (Å²) in [6.07, 6.45) is 1.47. The molecular weight excluding hydrogens is 542 g/mol. The third-order valence-electron chi connectivity index (χ3n) is 7.03. The minimum atomic E-state index is -1.03. The molecule has 0 saturated heterocycles. The maximum atomic E-state index is 13.8. The molecule has 1 aromatic heterocycles. The molecule has 4 aromatic carbocycles. The van der Waals surface area contributed by atoms with Crippen LogP contribution >= 0.6 is 0 Å². The van der Waals surface area contributed by atoms with Crippen LogP contribution in [0, 0.1) is 0 Å². The second kappa shape index (κ2) is 14.5. The number of fused-ring (bicyclic) bond motifs is 1. The summed E-state index contributed by atoms with van der Waals surface area (Å²) in [7, 11) is 0. The third-order valence-corrected chi connectivity index (χ3v) is 7.03. The van der Waals surface area contributed by atoms with Gasteiger partial charge >= 0.3 is 12.1 Å². The SMILES string of the molecule is O=C(N[C@@H](Cc1c[nH]c2ccccc12)C(=O)N[C@H](Cc1ccccc1)C(=O)OCc1ccccc1)OCc1ccccc1. The maximum Gasteiger partial charge on any atom is 0.408 e. The van der Waals surface area contributed by atoms with Crippen LogP contribution in [0.1, 0.15) is 22.3 Å². The Balaban J connectivity index is 1.33. The van der Waals surface area contributed by atoms with Crippen molar-refractivity contribution < 1.29 is 23.9 Å². The van der Waals surface area contributed by atoms with Crippen molar-refractivity contribution >= 4 is 28.9 Å². The summed E-state index contributed by atoms with van der Waals surface area (Å²) >= 11 is 0. The second-order valence-corrected chi connectivity index (χ2v) is 10.2. The molecule has 0 radical (unpaired) electrons. The van der Waals surface area contributed by atoms with Crippen molar-refractivity contribution in [2.24, 2.45) is 0 Å². The van der Waals surface area contributed by atoms with Gasteiger partial charge in [0.25, 0.3) is 0 Å². The largest absolute Gasteiger partial charge is 0.459 e. The number of hydrogen-bond donors (Lipinski definition) is 3. The summed E-state index contributed by atoms with van der Waals surface area (Å²) in [6.45, 7) is 0.125. The summed E-state index contributed by atoms with van der Waals surface area (Å²) < 4.78 is 11.0. The highest BCUT2D eigenvalue weighted by molar-refractivity contribution is 5.91. The van der Waals surface area contributed by atoms with Crippen LogP contribution in [0.3, 0.4) is 0 Å². The van der Waals surface area contributed by atoms with Crippen molar-refractivity contribution in [2.75, 3.05) is 0 Å². The zero-order valence-corrected chi connectivity index (χ0v) is 23.6.